The maximum atomic E-state index is 13.1. The van der Waals surface area contributed by atoms with Crippen LogP contribution in [0.5, 0.6) is 0 Å². The standard InChI is InChI=1S/C19H25NO5S2/c1-3-23-18(22)19(12-17-26-9-10-27-17)11-16(24-14(2)21)25-20(19)13-15-7-5-4-6-8-15/h4-8,16-17H,3,9-13H2,1-2H3/t16-,19-/m0/s1. The van der Waals surface area contributed by atoms with Gasteiger partial charge in [0.15, 0.2) is 5.54 Å². The molecule has 0 amide bonds. The van der Waals surface area contributed by atoms with Crippen molar-refractivity contribution in [1.82, 2.24) is 5.06 Å². The zero-order valence-corrected chi connectivity index (χ0v) is 17.2. The second-order valence-corrected chi connectivity index (χ2v) is 9.42. The first kappa shape index (κ1) is 20.5. The van der Waals surface area contributed by atoms with Gasteiger partial charge in [0.2, 0.25) is 6.29 Å². The minimum Gasteiger partial charge on any atom is -0.465 e. The lowest BCUT2D eigenvalue weighted by Gasteiger charge is -2.35. The molecule has 1 aromatic carbocycles. The van der Waals surface area contributed by atoms with Crippen LogP contribution in [0.4, 0.5) is 0 Å². The topological polar surface area (TPSA) is 65.1 Å². The first-order valence-electron chi connectivity index (χ1n) is 9.09. The van der Waals surface area contributed by atoms with Crippen molar-refractivity contribution in [2.24, 2.45) is 0 Å². The summed E-state index contributed by atoms with van der Waals surface area (Å²) in [4.78, 5) is 30.5. The van der Waals surface area contributed by atoms with Gasteiger partial charge >= 0.3 is 11.9 Å². The molecule has 0 radical (unpaired) electrons. The molecule has 0 N–H and O–H groups in total. The van der Waals surface area contributed by atoms with E-state index in [9.17, 15) is 9.59 Å². The Kier molecular flexibility index (Phi) is 7.08. The van der Waals surface area contributed by atoms with Gasteiger partial charge in [-0.3, -0.25) is 9.63 Å². The Balaban J connectivity index is 1.89. The van der Waals surface area contributed by atoms with Crippen LogP contribution >= 0.6 is 23.5 Å². The number of hydrogen-bond donors (Lipinski definition) is 0. The van der Waals surface area contributed by atoms with Gasteiger partial charge in [0, 0.05) is 24.9 Å². The molecular weight excluding hydrogens is 386 g/mol. The molecule has 0 aliphatic carbocycles. The molecule has 2 heterocycles. The number of carbonyl (C=O) groups is 2. The summed E-state index contributed by atoms with van der Waals surface area (Å²) in [5.41, 5.74) is 0.0439. The van der Waals surface area contributed by atoms with E-state index < -0.39 is 17.8 Å². The lowest BCUT2D eigenvalue weighted by molar-refractivity contribution is -0.252. The van der Waals surface area contributed by atoms with E-state index >= 15 is 0 Å². The van der Waals surface area contributed by atoms with Gasteiger partial charge in [0.05, 0.1) is 17.7 Å². The van der Waals surface area contributed by atoms with E-state index in [1.54, 1.807) is 12.0 Å². The van der Waals surface area contributed by atoms with Crippen LogP contribution in [0.15, 0.2) is 30.3 Å². The molecule has 2 aliphatic heterocycles. The van der Waals surface area contributed by atoms with Crippen LogP contribution in [0.1, 0.15) is 32.3 Å². The zero-order valence-electron chi connectivity index (χ0n) is 15.6. The van der Waals surface area contributed by atoms with Crippen LogP contribution in [0, 0.1) is 0 Å². The van der Waals surface area contributed by atoms with E-state index in [-0.39, 0.29) is 17.0 Å². The number of thioether (sulfide) groups is 2. The van der Waals surface area contributed by atoms with E-state index in [4.69, 9.17) is 14.3 Å². The van der Waals surface area contributed by atoms with Gasteiger partial charge in [-0.05, 0) is 18.9 Å². The number of nitrogens with zero attached hydrogens (tertiary/aromatic N) is 1. The van der Waals surface area contributed by atoms with Gasteiger partial charge in [-0.2, -0.15) is 5.06 Å². The Morgan fingerprint density at radius 3 is 2.59 bits per heavy atom. The van der Waals surface area contributed by atoms with Crippen LogP contribution in [0.25, 0.3) is 0 Å². The van der Waals surface area contributed by atoms with Crippen molar-refractivity contribution in [2.45, 2.75) is 49.6 Å². The van der Waals surface area contributed by atoms with Gasteiger partial charge < -0.3 is 9.47 Å². The van der Waals surface area contributed by atoms with Crippen LogP contribution in [-0.4, -0.2) is 51.5 Å². The summed E-state index contributed by atoms with van der Waals surface area (Å²) < 4.78 is 11.0. The molecule has 2 fully saturated rings. The van der Waals surface area contributed by atoms with Crippen molar-refractivity contribution in [3.05, 3.63) is 35.9 Å². The Hall–Kier alpha value is -1.22. The summed E-state index contributed by atoms with van der Waals surface area (Å²) in [6.45, 7) is 3.85. The van der Waals surface area contributed by atoms with Crippen molar-refractivity contribution in [2.75, 3.05) is 18.1 Å². The van der Waals surface area contributed by atoms with Crippen LogP contribution < -0.4 is 0 Å². The Morgan fingerprint density at radius 1 is 1.26 bits per heavy atom. The average molecular weight is 412 g/mol. The fraction of sp³-hybridized carbons (Fsp3) is 0.579. The van der Waals surface area contributed by atoms with Crippen LogP contribution in [0.3, 0.4) is 0 Å². The van der Waals surface area contributed by atoms with E-state index in [0.717, 1.165) is 17.1 Å². The zero-order chi connectivity index (χ0) is 19.3. The van der Waals surface area contributed by atoms with E-state index in [2.05, 4.69) is 0 Å². The normalized spacial score (nSPS) is 26.2. The van der Waals surface area contributed by atoms with Gasteiger partial charge in [0.25, 0.3) is 0 Å². The molecule has 3 rings (SSSR count). The summed E-state index contributed by atoms with van der Waals surface area (Å²) in [6, 6.07) is 9.81. The van der Waals surface area contributed by atoms with Gasteiger partial charge in [0.1, 0.15) is 0 Å². The highest BCUT2D eigenvalue weighted by Crippen LogP contribution is 2.45. The summed E-state index contributed by atoms with van der Waals surface area (Å²) in [5.74, 6) is 1.40. The molecule has 2 atom stereocenters. The third-order valence-electron chi connectivity index (χ3n) is 4.54. The Morgan fingerprint density at radius 2 is 1.96 bits per heavy atom. The molecule has 1 aromatic rings. The van der Waals surface area contributed by atoms with Crippen LogP contribution in [0.2, 0.25) is 0 Å². The molecule has 8 heteroatoms. The highest BCUT2D eigenvalue weighted by atomic mass is 32.2. The van der Waals surface area contributed by atoms with E-state index in [0.29, 0.717) is 19.6 Å². The third-order valence-corrected chi connectivity index (χ3v) is 7.58. The number of rotatable bonds is 7. The maximum Gasteiger partial charge on any atom is 0.329 e. The summed E-state index contributed by atoms with van der Waals surface area (Å²) >= 11 is 3.70. The molecule has 0 bridgehead atoms. The molecule has 148 valence electrons. The molecule has 0 spiro atoms. The number of carbonyl (C=O) groups excluding carboxylic acids is 2. The van der Waals surface area contributed by atoms with Gasteiger partial charge in [-0.1, -0.05) is 30.3 Å². The van der Waals surface area contributed by atoms with Crippen molar-refractivity contribution in [1.29, 1.82) is 0 Å². The quantitative estimate of drug-likeness (QED) is 0.634. The predicted octanol–water partition coefficient (Wildman–Crippen LogP) is 3.21. The molecule has 6 nitrogen and oxygen atoms in total. The second-order valence-electron chi connectivity index (χ2n) is 6.50. The second kappa shape index (κ2) is 9.32. The Bertz CT molecular complexity index is 653. The highest BCUT2D eigenvalue weighted by Gasteiger charge is 2.56. The molecule has 0 unspecified atom stereocenters. The molecule has 0 saturated carbocycles. The van der Waals surface area contributed by atoms with Crippen molar-refractivity contribution >= 4 is 35.5 Å². The largest absolute Gasteiger partial charge is 0.465 e. The van der Waals surface area contributed by atoms with Gasteiger partial charge in [-0.25, -0.2) is 4.79 Å². The van der Waals surface area contributed by atoms with E-state index in [1.807, 2.05) is 53.9 Å². The fourth-order valence-electron chi connectivity index (χ4n) is 3.36. The summed E-state index contributed by atoms with van der Waals surface area (Å²) in [6.07, 6.45) is 0.0776. The number of hydrogen-bond acceptors (Lipinski definition) is 8. The van der Waals surface area contributed by atoms with E-state index in [1.165, 1.54) is 6.92 Å². The summed E-state index contributed by atoms with van der Waals surface area (Å²) in [7, 11) is 0. The lowest BCUT2D eigenvalue weighted by Crippen LogP contribution is -2.51. The molecular formula is C19H25NO5S2. The van der Waals surface area contributed by atoms with Crippen molar-refractivity contribution in [3.8, 4) is 0 Å². The molecule has 0 aromatic heterocycles. The lowest BCUT2D eigenvalue weighted by atomic mass is 9.91. The first-order chi connectivity index (χ1) is 13.0. The molecule has 2 saturated heterocycles. The highest BCUT2D eigenvalue weighted by molar-refractivity contribution is 8.20. The number of benzene rings is 1. The Labute approximate surface area is 168 Å². The third kappa shape index (κ3) is 4.99. The minimum atomic E-state index is -0.971. The SMILES string of the molecule is CCOC(=O)[C@@]1(CC2SCCS2)C[C@@H](OC(C)=O)ON1Cc1ccccc1. The number of esters is 2. The predicted molar refractivity (Wildman–Crippen MR) is 106 cm³/mol. The van der Waals surface area contributed by atoms with Crippen molar-refractivity contribution < 1.29 is 23.9 Å². The maximum absolute atomic E-state index is 13.1. The minimum absolute atomic E-state index is 0.274. The van der Waals surface area contributed by atoms with Crippen LogP contribution in [-0.2, 0) is 30.4 Å². The number of hydroxylamine groups is 2. The average Bonchev–Trinajstić information content (AvgIpc) is 3.25. The first-order valence-corrected chi connectivity index (χ1v) is 11.2. The smallest absolute Gasteiger partial charge is 0.329 e. The molecule has 27 heavy (non-hydrogen) atoms. The van der Waals surface area contributed by atoms with Gasteiger partial charge in [-0.15, -0.1) is 23.5 Å². The fourth-order valence-corrected chi connectivity index (χ4v) is 6.41. The van der Waals surface area contributed by atoms with Crippen molar-refractivity contribution in [3.63, 3.8) is 0 Å². The molecule has 2 aliphatic rings. The summed E-state index contributed by atoms with van der Waals surface area (Å²) in [5, 5.41) is 1.67. The number of ether oxygens (including phenoxy) is 2. The monoisotopic (exact) mass is 411 g/mol.